The Morgan fingerprint density at radius 2 is 2.21 bits per heavy atom. The maximum Gasteiger partial charge on any atom is 0.223 e. The summed E-state index contributed by atoms with van der Waals surface area (Å²) in [4.78, 5) is 14.1. The van der Waals surface area contributed by atoms with Crippen molar-refractivity contribution in [3.63, 3.8) is 0 Å². The highest BCUT2D eigenvalue weighted by Gasteiger charge is 2.59. The Morgan fingerprint density at radius 1 is 1.42 bits per heavy atom. The molecule has 2 saturated heterocycles. The predicted octanol–water partition coefficient (Wildman–Crippen LogP) is 1.34. The standard InChI is InChI=1S/C18H28N4O2/c1-18(2)16(13-5-6-24-17(13)18)19-8-11-7-14(23)22(4)15(11)12-9-20-21(3)10-12/h9-11,13,15-17,19H,5-8H2,1-4H3/t11-,13+,15+,16+,17-/m0/s1. The molecule has 1 saturated carbocycles. The van der Waals surface area contributed by atoms with E-state index >= 15 is 0 Å². The van der Waals surface area contributed by atoms with Crippen molar-refractivity contribution >= 4 is 5.91 Å². The van der Waals surface area contributed by atoms with Crippen molar-refractivity contribution in [3.05, 3.63) is 18.0 Å². The molecule has 6 nitrogen and oxygen atoms in total. The van der Waals surface area contributed by atoms with Gasteiger partial charge in [0.2, 0.25) is 5.91 Å². The zero-order chi connectivity index (χ0) is 17.1. The number of aryl methyl sites for hydroxylation is 1. The van der Waals surface area contributed by atoms with Gasteiger partial charge in [-0.05, 0) is 6.42 Å². The predicted molar refractivity (Wildman–Crippen MR) is 90.2 cm³/mol. The van der Waals surface area contributed by atoms with Gasteiger partial charge in [0.1, 0.15) is 0 Å². The average Bonchev–Trinajstić information content (AvgIpc) is 3.20. The highest BCUT2D eigenvalue weighted by molar-refractivity contribution is 5.79. The van der Waals surface area contributed by atoms with Gasteiger partial charge in [-0.3, -0.25) is 9.48 Å². The summed E-state index contributed by atoms with van der Waals surface area (Å²) < 4.78 is 7.69. The number of hydrogen-bond acceptors (Lipinski definition) is 4. The van der Waals surface area contributed by atoms with Crippen molar-refractivity contribution in [1.29, 1.82) is 0 Å². The molecule has 2 aliphatic heterocycles. The number of fused-ring (bicyclic) bond motifs is 1. The van der Waals surface area contributed by atoms with Gasteiger partial charge in [-0.1, -0.05) is 13.8 Å². The third kappa shape index (κ3) is 2.30. The smallest absolute Gasteiger partial charge is 0.223 e. The zero-order valence-corrected chi connectivity index (χ0v) is 15.0. The van der Waals surface area contributed by atoms with Gasteiger partial charge in [0.05, 0.1) is 18.3 Å². The minimum Gasteiger partial charge on any atom is -0.377 e. The summed E-state index contributed by atoms with van der Waals surface area (Å²) >= 11 is 0. The second-order valence-electron chi connectivity index (χ2n) is 8.31. The van der Waals surface area contributed by atoms with Crippen molar-refractivity contribution in [1.82, 2.24) is 20.0 Å². The van der Waals surface area contributed by atoms with Crippen molar-refractivity contribution < 1.29 is 9.53 Å². The van der Waals surface area contributed by atoms with Crippen LogP contribution in [0.25, 0.3) is 0 Å². The van der Waals surface area contributed by atoms with Crippen LogP contribution in [0.3, 0.4) is 0 Å². The Kier molecular flexibility index (Phi) is 3.73. The fourth-order valence-corrected chi connectivity index (χ4v) is 5.24. The first kappa shape index (κ1) is 16.1. The third-order valence-electron chi connectivity index (χ3n) is 6.46. The lowest BCUT2D eigenvalue weighted by molar-refractivity contribution is -0.127. The van der Waals surface area contributed by atoms with E-state index in [9.17, 15) is 4.79 Å². The van der Waals surface area contributed by atoms with E-state index in [1.165, 1.54) is 0 Å². The number of ether oxygens (including phenoxy) is 1. The van der Waals surface area contributed by atoms with Crippen molar-refractivity contribution in [2.45, 2.75) is 44.9 Å². The van der Waals surface area contributed by atoms with Crippen LogP contribution in [0.15, 0.2) is 12.4 Å². The highest BCUT2D eigenvalue weighted by atomic mass is 16.5. The molecule has 1 amide bonds. The number of aromatic nitrogens is 2. The molecule has 0 radical (unpaired) electrons. The van der Waals surface area contributed by atoms with Crippen LogP contribution in [0.1, 0.15) is 38.3 Å². The molecule has 1 N–H and O–H groups in total. The van der Waals surface area contributed by atoms with Gasteiger partial charge in [-0.2, -0.15) is 5.10 Å². The van der Waals surface area contributed by atoms with Crippen molar-refractivity contribution in [3.8, 4) is 0 Å². The number of amides is 1. The summed E-state index contributed by atoms with van der Waals surface area (Å²) in [6, 6.07) is 0.609. The topological polar surface area (TPSA) is 59.4 Å². The Hall–Kier alpha value is -1.40. The van der Waals surface area contributed by atoms with E-state index in [2.05, 4.69) is 24.3 Å². The summed E-state index contributed by atoms with van der Waals surface area (Å²) in [5.74, 6) is 1.15. The molecule has 5 atom stereocenters. The zero-order valence-electron chi connectivity index (χ0n) is 15.0. The molecule has 24 heavy (non-hydrogen) atoms. The SMILES string of the molecule is CN1C(=O)C[C@@H](CN[C@@H]2[C@H]3CCO[C@@H]3C2(C)C)[C@@H]1c1cnn(C)c1. The minimum atomic E-state index is 0.123. The van der Waals surface area contributed by atoms with E-state index in [1.807, 2.05) is 36.1 Å². The van der Waals surface area contributed by atoms with Crippen LogP contribution >= 0.6 is 0 Å². The van der Waals surface area contributed by atoms with E-state index in [1.54, 1.807) is 0 Å². The molecule has 0 spiro atoms. The molecule has 6 heteroatoms. The number of likely N-dealkylation sites (tertiary alicyclic amines) is 1. The fourth-order valence-electron chi connectivity index (χ4n) is 5.24. The van der Waals surface area contributed by atoms with Gasteiger partial charge in [0.25, 0.3) is 0 Å². The number of carbonyl (C=O) groups is 1. The first-order valence-corrected chi connectivity index (χ1v) is 8.99. The van der Waals surface area contributed by atoms with Crippen LogP contribution in [0.2, 0.25) is 0 Å². The molecule has 1 aromatic heterocycles. The normalized spacial score (nSPS) is 37.6. The van der Waals surface area contributed by atoms with E-state index < -0.39 is 0 Å². The average molecular weight is 332 g/mol. The molecule has 132 valence electrons. The van der Waals surface area contributed by atoms with E-state index in [-0.39, 0.29) is 17.4 Å². The van der Waals surface area contributed by atoms with E-state index in [0.717, 1.165) is 25.1 Å². The third-order valence-corrected chi connectivity index (χ3v) is 6.46. The molecule has 0 unspecified atom stereocenters. The first-order chi connectivity index (χ1) is 11.4. The molecule has 4 rings (SSSR count). The monoisotopic (exact) mass is 332 g/mol. The summed E-state index contributed by atoms with van der Waals surface area (Å²) in [6.45, 7) is 6.34. The number of nitrogens with zero attached hydrogens (tertiary/aromatic N) is 3. The lowest BCUT2D eigenvalue weighted by Gasteiger charge is -2.55. The molecule has 3 aliphatic rings. The fraction of sp³-hybridized carbons (Fsp3) is 0.778. The molecular formula is C18H28N4O2. The van der Waals surface area contributed by atoms with E-state index in [4.69, 9.17) is 4.74 Å². The summed E-state index contributed by atoms with van der Waals surface area (Å²) in [6.07, 6.45) is 6.08. The summed E-state index contributed by atoms with van der Waals surface area (Å²) in [5, 5.41) is 8.07. The molecule has 1 aliphatic carbocycles. The molecule has 3 heterocycles. The Bertz CT molecular complexity index is 641. The largest absolute Gasteiger partial charge is 0.377 e. The van der Waals surface area contributed by atoms with Crippen LogP contribution in [-0.2, 0) is 16.6 Å². The van der Waals surface area contributed by atoms with Crippen LogP contribution in [0.5, 0.6) is 0 Å². The molecular weight excluding hydrogens is 304 g/mol. The van der Waals surface area contributed by atoms with Gasteiger partial charge in [-0.15, -0.1) is 0 Å². The Labute approximate surface area is 143 Å². The molecule has 3 fully saturated rings. The lowest BCUT2D eigenvalue weighted by atomic mass is 9.57. The van der Waals surface area contributed by atoms with Gasteiger partial charge in [-0.25, -0.2) is 0 Å². The Morgan fingerprint density at radius 3 is 2.92 bits per heavy atom. The first-order valence-electron chi connectivity index (χ1n) is 8.99. The van der Waals surface area contributed by atoms with Crippen molar-refractivity contribution in [2.75, 3.05) is 20.2 Å². The number of rotatable bonds is 4. The van der Waals surface area contributed by atoms with Crippen LogP contribution < -0.4 is 5.32 Å². The summed E-state index contributed by atoms with van der Waals surface area (Å²) in [7, 11) is 3.83. The second-order valence-corrected chi connectivity index (χ2v) is 8.31. The van der Waals surface area contributed by atoms with Gasteiger partial charge in [0, 0.05) is 68.7 Å². The lowest BCUT2D eigenvalue weighted by Crippen LogP contribution is -2.66. The number of nitrogens with one attached hydrogen (secondary N) is 1. The maximum atomic E-state index is 12.3. The Balaban J connectivity index is 1.46. The van der Waals surface area contributed by atoms with Gasteiger partial charge < -0.3 is 15.0 Å². The van der Waals surface area contributed by atoms with Crippen LogP contribution in [0, 0.1) is 17.3 Å². The highest BCUT2D eigenvalue weighted by Crippen LogP contribution is 2.52. The molecule has 0 aromatic carbocycles. The summed E-state index contributed by atoms with van der Waals surface area (Å²) in [5.41, 5.74) is 1.31. The molecule has 1 aromatic rings. The van der Waals surface area contributed by atoms with Crippen LogP contribution in [-0.4, -0.2) is 52.9 Å². The minimum absolute atomic E-state index is 0.123. The number of hydrogen-bond donors (Lipinski definition) is 1. The van der Waals surface area contributed by atoms with Gasteiger partial charge >= 0.3 is 0 Å². The van der Waals surface area contributed by atoms with E-state index in [0.29, 0.717) is 30.4 Å². The van der Waals surface area contributed by atoms with Crippen LogP contribution in [0.4, 0.5) is 0 Å². The van der Waals surface area contributed by atoms with Crippen molar-refractivity contribution in [2.24, 2.45) is 24.3 Å². The number of carbonyl (C=O) groups excluding carboxylic acids is 1. The second kappa shape index (κ2) is 5.56. The molecule has 0 bridgehead atoms. The quantitative estimate of drug-likeness (QED) is 0.904. The van der Waals surface area contributed by atoms with Gasteiger partial charge in [0.15, 0.2) is 0 Å². The maximum absolute atomic E-state index is 12.3.